The Morgan fingerprint density at radius 1 is 1.18 bits per heavy atom. The maximum Gasteiger partial charge on any atom is 0.133 e. The van der Waals surface area contributed by atoms with Crippen molar-refractivity contribution in [2.24, 2.45) is 0 Å². The average Bonchev–Trinajstić information content (AvgIpc) is 2.38. The number of nitrogens with two attached hydrogens (primary N) is 1. The van der Waals surface area contributed by atoms with Crippen molar-refractivity contribution >= 4 is 17.7 Å². The van der Waals surface area contributed by atoms with Crippen molar-refractivity contribution in [1.82, 2.24) is 4.98 Å². The van der Waals surface area contributed by atoms with Crippen LogP contribution in [0.15, 0.2) is 49.0 Å². The van der Waals surface area contributed by atoms with Crippen LogP contribution in [-0.2, 0) is 6.54 Å². The fourth-order valence-corrected chi connectivity index (χ4v) is 1.55. The summed E-state index contributed by atoms with van der Waals surface area (Å²) < 4.78 is 0. The van der Waals surface area contributed by atoms with Crippen LogP contribution in [-0.4, -0.2) is 4.98 Å². The Morgan fingerprint density at radius 2 is 1.94 bits per heavy atom. The Balaban J connectivity index is 2.05. The zero-order valence-electron chi connectivity index (χ0n) is 9.56. The van der Waals surface area contributed by atoms with Crippen LogP contribution in [0.1, 0.15) is 11.1 Å². The van der Waals surface area contributed by atoms with Gasteiger partial charge in [-0.15, -0.1) is 0 Å². The lowest BCUT2D eigenvalue weighted by Gasteiger charge is -2.07. The van der Waals surface area contributed by atoms with E-state index >= 15 is 0 Å². The predicted octanol–water partition coefficient (Wildman–Crippen LogP) is 2.92. The smallest absolute Gasteiger partial charge is 0.133 e. The molecule has 0 fully saturated rings. The monoisotopic (exact) mass is 225 g/mol. The van der Waals surface area contributed by atoms with Gasteiger partial charge in [-0.05, 0) is 17.7 Å². The predicted molar refractivity (Wildman–Crippen MR) is 72.5 cm³/mol. The number of benzene rings is 1. The average molecular weight is 225 g/mol. The third kappa shape index (κ3) is 2.84. The molecule has 1 heterocycles. The van der Waals surface area contributed by atoms with E-state index < -0.39 is 0 Å². The van der Waals surface area contributed by atoms with Gasteiger partial charge in [0, 0.05) is 12.1 Å². The molecule has 1 aromatic heterocycles. The molecule has 17 heavy (non-hydrogen) atoms. The van der Waals surface area contributed by atoms with Crippen LogP contribution in [0.4, 0.5) is 11.6 Å². The molecule has 0 saturated heterocycles. The summed E-state index contributed by atoms with van der Waals surface area (Å²) >= 11 is 0. The molecule has 0 aliphatic rings. The Hall–Kier alpha value is -2.29. The van der Waals surface area contributed by atoms with Gasteiger partial charge >= 0.3 is 0 Å². The zero-order valence-corrected chi connectivity index (χ0v) is 9.56. The van der Waals surface area contributed by atoms with Crippen molar-refractivity contribution in [2.45, 2.75) is 6.54 Å². The molecule has 0 bridgehead atoms. The van der Waals surface area contributed by atoms with Crippen LogP contribution >= 0.6 is 0 Å². The van der Waals surface area contributed by atoms with Crippen molar-refractivity contribution < 1.29 is 0 Å². The normalized spacial score (nSPS) is 9.88. The van der Waals surface area contributed by atoms with E-state index in [4.69, 9.17) is 5.73 Å². The molecule has 3 heteroatoms. The highest BCUT2D eigenvalue weighted by Crippen LogP contribution is 2.14. The Morgan fingerprint density at radius 3 is 2.59 bits per heavy atom. The minimum atomic E-state index is 0.498. The van der Waals surface area contributed by atoms with E-state index in [1.807, 2.05) is 30.3 Å². The van der Waals surface area contributed by atoms with Crippen LogP contribution in [0, 0.1) is 0 Å². The molecular formula is C14H15N3. The molecule has 2 rings (SSSR count). The highest BCUT2D eigenvalue weighted by Gasteiger charge is 1.99. The van der Waals surface area contributed by atoms with Crippen LogP contribution in [0.2, 0.25) is 0 Å². The minimum Gasteiger partial charge on any atom is -0.383 e. The highest BCUT2D eigenvalue weighted by atomic mass is 15.0. The van der Waals surface area contributed by atoms with Gasteiger partial charge < -0.3 is 11.1 Å². The molecule has 0 spiro atoms. The number of nitrogens with one attached hydrogen (secondary N) is 1. The number of nitrogen functional groups attached to an aromatic ring is 1. The SMILES string of the molecule is C=Cc1ccc(NCc2ccccc2)nc1N. The van der Waals surface area contributed by atoms with Gasteiger partial charge in [0.2, 0.25) is 0 Å². The number of rotatable bonds is 4. The third-order valence-corrected chi connectivity index (χ3v) is 2.49. The number of anilines is 2. The first-order valence-electron chi connectivity index (χ1n) is 5.46. The van der Waals surface area contributed by atoms with Crippen LogP contribution in [0.5, 0.6) is 0 Å². The van der Waals surface area contributed by atoms with Gasteiger partial charge in [-0.2, -0.15) is 0 Å². The van der Waals surface area contributed by atoms with E-state index in [0.29, 0.717) is 5.82 Å². The summed E-state index contributed by atoms with van der Waals surface area (Å²) in [5.74, 6) is 1.27. The highest BCUT2D eigenvalue weighted by molar-refractivity contribution is 5.62. The molecule has 2 aromatic rings. The van der Waals surface area contributed by atoms with Crippen molar-refractivity contribution in [3.05, 3.63) is 60.2 Å². The third-order valence-electron chi connectivity index (χ3n) is 2.49. The Kier molecular flexibility index (Phi) is 3.40. The summed E-state index contributed by atoms with van der Waals surface area (Å²) in [7, 11) is 0. The van der Waals surface area contributed by atoms with Gasteiger partial charge in [0.1, 0.15) is 11.6 Å². The first kappa shape index (κ1) is 11.2. The second-order valence-electron chi connectivity index (χ2n) is 3.71. The number of hydrogen-bond donors (Lipinski definition) is 2. The molecule has 0 amide bonds. The lowest BCUT2D eigenvalue weighted by atomic mass is 10.2. The topological polar surface area (TPSA) is 50.9 Å². The molecule has 86 valence electrons. The second kappa shape index (κ2) is 5.16. The second-order valence-corrected chi connectivity index (χ2v) is 3.71. The lowest BCUT2D eigenvalue weighted by molar-refractivity contribution is 1.11. The largest absolute Gasteiger partial charge is 0.383 e. The lowest BCUT2D eigenvalue weighted by Crippen LogP contribution is -2.03. The zero-order chi connectivity index (χ0) is 12.1. The van der Waals surface area contributed by atoms with E-state index in [0.717, 1.165) is 17.9 Å². The quantitative estimate of drug-likeness (QED) is 0.841. The summed E-state index contributed by atoms with van der Waals surface area (Å²) in [6, 6.07) is 14.0. The maximum atomic E-state index is 5.78. The van der Waals surface area contributed by atoms with Gasteiger partial charge in [0.15, 0.2) is 0 Å². The molecule has 0 radical (unpaired) electrons. The molecule has 0 aliphatic carbocycles. The van der Waals surface area contributed by atoms with Gasteiger partial charge in [0.05, 0.1) is 0 Å². The van der Waals surface area contributed by atoms with E-state index in [1.54, 1.807) is 6.08 Å². The summed E-state index contributed by atoms with van der Waals surface area (Å²) in [6.07, 6.45) is 1.70. The van der Waals surface area contributed by atoms with Crippen LogP contribution in [0.25, 0.3) is 6.08 Å². The first-order chi connectivity index (χ1) is 8.29. The van der Waals surface area contributed by atoms with E-state index in [9.17, 15) is 0 Å². The molecule has 0 aliphatic heterocycles. The molecular weight excluding hydrogens is 210 g/mol. The fraction of sp³-hybridized carbons (Fsp3) is 0.0714. The number of nitrogens with zero attached hydrogens (tertiary/aromatic N) is 1. The minimum absolute atomic E-state index is 0.498. The summed E-state index contributed by atoms with van der Waals surface area (Å²) in [6.45, 7) is 4.41. The van der Waals surface area contributed by atoms with Gasteiger partial charge in [-0.1, -0.05) is 43.0 Å². The summed E-state index contributed by atoms with van der Waals surface area (Å²) in [4.78, 5) is 4.25. The Labute approximate surface area is 101 Å². The molecule has 0 atom stereocenters. The van der Waals surface area contributed by atoms with Crippen molar-refractivity contribution in [3.63, 3.8) is 0 Å². The van der Waals surface area contributed by atoms with Crippen molar-refractivity contribution in [1.29, 1.82) is 0 Å². The molecule has 0 unspecified atom stereocenters. The summed E-state index contributed by atoms with van der Waals surface area (Å²) in [5.41, 5.74) is 7.84. The van der Waals surface area contributed by atoms with Crippen molar-refractivity contribution in [3.8, 4) is 0 Å². The summed E-state index contributed by atoms with van der Waals surface area (Å²) in [5, 5.41) is 3.23. The van der Waals surface area contributed by atoms with Gasteiger partial charge in [0.25, 0.3) is 0 Å². The Bertz CT molecular complexity index is 506. The van der Waals surface area contributed by atoms with Gasteiger partial charge in [-0.25, -0.2) is 4.98 Å². The van der Waals surface area contributed by atoms with Crippen LogP contribution < -0.4 is 11.1 Å². The van der Waals surface area contributed by atoms with Crippen LogP contribution in [0.3, 0.4) is 0 Å². The number of pyridine rings is 1. The molecule has 0 saturated carbocycles. The standard InChI is InChI=1S/C14H15N3/c1-2-12-8-9-13(17-14(12)15)16-10-11-6-4-3-5-7-11/h2-9H,1,10H2,(H3,15,16,17). The molecule has 3 nitrogen and oxygen atoms in total. The molecule has 3 N–H and O–H groups in total. The molecule has 1 aromatic carbocycles. The van der Waals surface area contributed by atoms with Gasteiger partial charge in [-0.3, -0.25) is 0 Å². The van der Waals surface area contributed by atoms with Crippen molar-refractivity contribution in [2.75, 3.05) is 11.1 Å². The van der Waals surface area contributed by atoms with E-state index in [1.165, 1.54) is 5.56 Å². The van der Waals surface area contributed by atoms with E-state index in [2.05, 4.69) is 29.0 Å². The van der Waals surface area contributed by atoms with E-state index in [-0.39, 0.29) is 0 Å². The first-order valence-corrected chi connectivity index (χ1v) is 5.46. The maximum absolute atomic E-state index is 5.78. The fourth-order valence-electron chi connectivity index (χ4n) is 1.55. The number of hydrogen-bond acceptors (Lipinski definition) is 3. The number of aromatic nitrogens is 1.